The van der Waals surface area contributed by atoms with Gasteiger partial charge < -0.3 is 0 Å². The number of nitrogens with one attached hydrogen (secondary N) is 2. The Bertz CT molecular complexity index is 412. The van der Waals surface area contributed by atoms with Crippen LogP contribution in [-0.4, -0.2) is 51.9 Å². The van der Waals surface area contributed by atoms with Crippen molar-refractivity contribution in [3.63, 3.8) is 0 Å². The summed E-state index contributed by atoms with van der Waals surface area (Å²) < 4.78 is 44.7. The number of hydrogen-bond acceptors (Lipinski definition) is 6. The third-order valence-electron chi connectivity index (χ3n) is 2.96. The summed E-state index contributed by atoms with van der Waals surface area (Å²) in [6.07, 6.45) is 1.18. The average molecular weight is 268 g/mol. The quantitative estimate of drug-likeness (QED) is 0.602. The zero-order chi connectivity index (χ0) is 11.8. The van der Waals surface area contributed by atoms with E-state index in [0.29, 0.717) is 12.8 Å². The molecule has 94 valence electrons. The van der Waals surface area contributed by atoms with E-state index in [1.54, 1.807) is 0 Å². The second kappa shape index (κ2) is 4.25. The molecule has 0 radical (unpaired) electrons. The van der Waals surface area contributed by atoms with Crippen LogP contribution in [0.3, 0.4) is 0 Å². The van der Waals surface area contributed by atoms with Crippen LogP contribution in [0.15, 0.2) is 0 Å². The van der Waals surface area contributed by atoms with Crippen LogP contribution in [0.5, 0.6) is 0 Å². The van der Waals surface area contributed by atoms with E-state index >= 15 is 0 Å². The van der Waals surface area contributed by atoms with Crippen LogP contribution in [0, 0.1) is 0 Å². The average Bonchev–Trinajstić information content (AvgIpc) is 2.66. The Morgan fingerprint density at radius 1 is 0.750 bits per heavy atom. The third-order valence-corrected chi connectivity index (χ3v) is 6.49. The van der Waals surface area contributed by atoms with Crippen molar-refractivity contribution in [2.45, 2.75) is 24.9 Å². The standard InChI is InChI=1S/C8H16N2O4S2/c11-15(12)3-1-7(5-15)9-10-8-2-4-16(13,14)6-8/h7-10H,1-6H2. The van der Waals surface area contributed by atoms with Crippen LogP contribution < -0.4 is 10.9 Å². The van der Waals surface area contributed by atoms with Gasteiger partial charge in [0.2, 0.25) is 0 Å². The van der Waals surface area contributed by atoms with Crippen molar-refractivity contribution in [1.29, 1.82) is 0 Å². The summed E-state index contributed by atoms with van der Waals surface area (Å²) in [4.78, 5) is 0. The number of hydrazine groups is 1. The normalized spacial score (nSPS) is 36.5. The second-order valence-corrected chi connectivity index (χ2v) is 8.95. The molecule has 0 spiro atoms. The fraction of sp³-hybridized carbons (Fsp3) is 1.00. The van der Waals surface area contributed by atoms with Gasteiger partial charge in [0.05, 0.1) is 23.0 Å². The first-order chi connectivity index (χ1) is 7.36. The highest BCUT2D eigenvalue weighted by Gasteiger charge is 2.31. The Labute approximate surface area is 95.6 Å². The fourth-order valence-electron chi connectivity index (χ4n) is 2.05. The molecule has 0 aromatic heterocycles. The molecule has 2 aliphatic rings. The summed E-state index contributed by atoms with van der Waals surface area (Å²) >= 11 is 0. The molecule has 0 amide bonds. The Morgan fingerprint density at radius 2 is 1.12 bits per heavy atom. The molecule has 0 aliphatic carbocycles. The van der Waals surface area contributed by atoms with Gasteiger partial charge in [-0.05, 0) is 12.8 Å². The number of sulfone groups is 2. The van der Waals surface area contributed by atoms with Gasteiger partial charge in [0, 0.05) is 12.1 Å². The number of rotatable bonds is 3. The van der Waals surface area contributed by atoms with Crippen molar-refractivity contribution in [1.82, 2.24) is 10.9 Å². The summed E-state index contributed by atoms with van der Waals surface area (Å²) in [5, 5.41) is 0. The van der Waals surface area contributed by atoms with Crippen molar-refractivity contribution >= 4 is 19.7 Å². The maximum atomic E-state index is 11.2. The molecule has 0 bridgehead atoms. The van der Waals surface area contributed by atoms with Gasteiger partial charge in [-0.2, -0.15) is 0 Å². The fourth-order valence-corrected chi connectivity index (χ4v) is 5.40. The molecule has 0 aromatic rings. The lowest BCUT2D eigenvalue weighted by atomic mass is 10.2. The highest BCUT2D eigenvalue weighted by atomic mass is 32.2. The van der Waals surface area contributed by atoms with Gasteiger partial charge in [0.1, 0.15) is 0 Å². The highest BCUT2D eigenvalue weighted by molar-refractivity contribution is 7.91. The van der Waals surface area contributed by atoms with Crippen LogP contribution >= 0.6 is 0 Å². The molecule has 2 rings (SSSR count). The molecular formula is C8H16N2O4S2. The van der Waals surface area contributed by atoms with E-state index in [9.17, 15) is 16.8 Å². The van der Waals surface area contributed by atoms with E-state index in [1.165, 1.54) is 0 Å². The van der Waals surface area contributed by atoms with Crippen LogP contribution in [0.4, 0.5) is 0 Å². The minimum absolute atomic E-state index is 0.0895. The van der Waals surface area contributed by atoms with Gasteiger partial charge in [-0.3, -0.25) is 10.9 Å². The zero-order valence-corrected chi connectivity index (χ0v) is 10.5. The minimum Gasteiger partial charge on any atom is -0.253 e. The Balaban J connectivity index is 1.77. The SMILES string of the molecule is O=S1(=O)CCC(NNC2CCS(=O)(=O)C2)C1. The van der Waals surface area contributed by atoms with Crippen molar-refractivity contribution in [3.05, 3.63) is 0 Å². The van der Waals surface area contributed by atoms with Gasteiger partial charge in [0.25, 0.3) is 0 Å². The topological polar surface area (TPSA) is 92.3 Å². The molecule has 0 aromatic carbocycles. The molecule has 2 atom stereocenters. The van der Waals surface area contributed by atoms with Gasteiger partial charge in [-0.15, -0.1) is 0 Å². The molecule has 2 saturated heterocycles. The van der Waals surface area contributed by atoms with Crippen molar-refractivity contribution in [3.8, 4) is 0 Å². The van der Waals surface area contributed by atoms with Gasteiger partial charge in [-0.25, -0.2) is 16.8 Å². The monoisotopic (exact) mass is 268 g/mol. The van der Waals surface area contributed by atoms with Gasteiger partial charge in [-0.1, -0.05) is 0 Å². The molecule has 2 fully saturated rings. The lowest BCUT2D eigenvalue weighted by Crippen LogP contribution is -2.47. The van der Waals surface area contributed by atoms with E-state index in [-0.39, 0.29) is 35.1 Å². The minimum atomic E-state index is -2.88. The maximum Gasteiger partial charge on any atom is 0.151 e. The first-order valence-electron chi connectivity index (χ1n) is 5.28. The lowest BCUT2D eigenvalue weighted by molar-refractivity contribution is 0.403. The van der Waals surface area contributed by atoms with Gasteiger partial charge >= 0.3 is 0 Å². The molecular weight excluding hydrogens is 252 g/mol. The predicted molar refractivity (Wildman–Crippen MR) is 60.4 cm³/mol. The first-order valence-corrected chi connectivity index (χ1v) is 8.92. The molecule has 6 nitrogen and oxygen atoms in total. The molecule has 2 aliphatic heterocycles. The Morgan fingerprint density at radius 3 is 1.38 bits per heavy atom. The molecule has 2 N–H and O–H groups in total. The third kappa shape index (κ3) is 3.16. The highest BCUT2D eigenvalue weighted by Crippen LogP contribution is 2.13. The van der Waals surface area contributed by atoms with Crippen LogP contribution in [0.2, 0.25) is 0 Å². The Hall–Kier alpha value is -0.180. The van der Waals surface area contributed by atoms with E-state index in [4.69, 9.17) is 0 Å². The van der Waals surface area contributed by atoms with E-state index in [2.05, 4.69) is 10.9 Å². The van der Waals surface area contributed by atoms with Crippen molar-refractivity contribution in [2.24, 2.45) is 0 Å². The summed E-state index contributed by atoms with van der Waals surface area (Å²) in [6.45, 7) is 0. The van der Waals surface area contributed by atoms with Crippen molar-refractivity contribution < 1.29 is 16.8 Å². The molecule has 8 heteroatoms. The second-order valence-electron chi connectivity index (χ2n) is 4.49. The maximum absolute atomic E-state index is 11.2. The predicted octanol–water partition coefficient (Wildman–Crippen LogP) is -1.55. The van der Waals surface area contributed by atoms with E-state index in [0.717, 1.165) is 0 Å². The molecule has 2 unspecified atom stereocenters. The van der Waals surface area contributed by atoms with E-state index < -0.39 is 19.7 Å². The van der Waals surface area contributed by atoms with Gasteiger partial charge in [0.15, 0.2) is 19.7 Å². The lowest BCUT2D eigenvalue weighted by Gasteiger charge is -2.16. The largest absolute Gasteiger partial charge is 0.253 e. The van der Waals surface area contributed by atoms with Crippen LogP contribution in [-0.2, 0) is 19.7 Å². The summed E-state index contributed by atoms with van der Waals surface area (Å²) in [5.41, 5.74) is 5.85. The summed E-state index contributed by atoms with van der Waals surface area (Å²) in [7, 11) is -5.77. The molecule has 16 heavy (non-hydrogen) atoms. The smallest absolute Gasteiger partial charge is 0.151 e. The van der Waals surface area contributed by atoms with E-state index in [1.807, 2.05) is 0 Å². The molecule has 2 heterocycles. The van der Waals surface area contributed by atoms with Crippen molar-refractivity contribution in [2.75, 3.05) is 23.0 Å². The molecule has 0 saturated carbocycles. The Kier molecular flexibility index (Phi) is 3.26. The summed E-state index contributed by atoms with van der Waals surface area (Å²) in [5.74, 6) is 0.712. The van der Waals surface area contributed by atoms with Crippen LogP contribution in [0.25, 0.3) is 0 Å². The number of hydrogen-bond donors (Lipinski definition) is 2. The zero-order valence-electron chi connectivity index (χ0n) is 8.85. The van der Waals surface area contributed by atoms with Crippen LogP contribution in [0.1, 0.15) is 12.8 Å². The summed E-state index contributed by atoms with van der Waals surface area (Å²) in [6, 6.07) is -0.179. The first kappa shape index (κ1) is 12.3.